The van der Waals surface area contributed by atoms with Gasteiger partial charge in [0.15, 0.2) is 22.3 Å². The summed E-state index contributed by atoms with van der Waals surface area (Å²) in [5, 5.41) is 2.90. The van der Waals surface area contributed by atoms with Crippen LogP contribution in [-0.2, 0) is 6.54 Å². The van der Waals surface area contributed by atoms with Gasteiger partial charge in [0.1, 0.15) is 6.61 Å². The number of benzene rings is 1. The minimum Gasteiger partial charge on any atom is -0.489 e. The highest BCUT2D eigenvalue weighted by molar-refractivity contribution is 7.13. The first-order valence-electron chi connectivity index (χ1n) is 7.26. The number of hydrogen-bond acceptors (Lipinski definition) is 5. The topological polar surface area (TPSA) is 38.5 Å². The molecule has 4 nitrogen and oxygen atoms in total. The van der Waals surface area contributed by atoms with E-state index < -0.39 is 0 Å². The Hall–Kier alpha value is -2.18. The van der Waals surface area contributed by atoms with E-state index >= 15 is 0 Å². The Morgan fingerprint density at radius 3 is 2.91 bits per heavy atom. The van der Waals surface area contributed by atoms with Crippen molar-refractivity contribution in [3.05, 3.63) is 59.6 Å². The number of halogens is 1. The first-order valence-corrected chi connectivity index (χ1v) is 8.14. The zero-order valence-electron chi connectivity index (χ0n) is 12.7. The van der Waals surface area contributed by atoms with Crippen LogP contribution in [0.2, 0.25) is 0 Å². The number of hydrogen-bond donors (Lipinski definition) is 0. The largest absolute Gasteiger partial charge is 0.489 e. The molecule has 0 aliphatic heterocycles. The number of nitrogens with zero attached hydrogens (tertiary/aromatic N) is 2. The molecule has 0 aliphatic rings. The van der Waals surface area contributed by atoms with E-state index in [1.807, 2.05) is 24.6 Å². The minimum atomic E-state index is -0.335. The summed E-state index contributed by atoms with van der Waals surface area (Å²) in [6, 6.07) is 10.2. The summed E-state index contributed by atoms with van der Waals surface area (Å²) >= 11 is 1.56. The standard InChI is InChI=1S/C17H17FN2O2S/c1-20(8-10-22-15-6-3-2-5-14(15)18)11-13-12-23-17(19-13)16-7-4-9-21-16/h2-7,9,12H,8,10-11H2,1H3. The lowest BCUT2D eigenvalue weighted by Crippen LogP contribution is -2.24. The molecule has 0 unspecified atom stereocenters. The molecular formula is C17H17FN2O2S. The fourth-order valence-corrected chi connectivity index (χ4v) is 2.90. The fraction of sp³-hybridized carbons (Fsp3) is 0.235. The van der Waals surface area contributed by atoms with Gasteiger partial charge >= 0.3 is 0 Å². The van der Waals surface area contributed by atoms with Crippen molar-refractivity contribution in [3.8, 4) is 16.5 Å². The fourth-order valence-electron chi connectivity index (χ4n) is 2.12. The lowest BCUT2D eigenvalue weighted by molar-refractivity contribution is 0.225. The second-order valence-corrected chi connectivity index (χ2v) is 6.00. The summed E-state index contributed by atoms with van der Waals surface area (Å²) in [7, 11) is 1.98. The van der Waals surface area contributed by atoms with Crippen LogP contribution in [0.4, 0.5) is 4.39 Å². The normalized spacial score (nSPS) is 11.1. The van der Waals surface area contributed by atoms with E-state index in [0.717, 1.165) is 16.5 Å². The molecule has 1 aromatic carbocycles. The summed E-state index contributed by atoms with van der Waals surface area (Å²) in [4.78, 5) is 6.64. The lowest BCUT2D eigenvalue weighted by Gasteiger charge is -2.15. The number of likely N-dealkylation sites (N-methyl/N-ethyl adjacent to an activating group) is 1. The van der Waals surface area contributed by atoms with Gasteiger partial charge in [-0.2, -0.15) is 0 Å². The number of aromatic nitrogens is 1. The molecule has 6 heteroatoms. The van der Waals surface area contributed by atoms with Gasteiger partial charge in [-0.15, -0.1) is 11.3 Å². The van der Waals surface area contributed by atoms with Gasteiger partial charge in [0.05, 0.1) is 12.0 Å². The van der Waals surface area contributed by atoms with Crippen molar-refractivity contribution < 1.29 is 13.5 Å². The number of para-hydroxylation sites is 1. The van der Waals surface area contributed by atoms with Crippen molar-refractivity contribution in [2.45, 2.75) is 6.54 Å². The molecule has 23 heavy (non-hydrogen) atoms. The lowest BCUT2D eigenvalue weighted by atomic mass is 10.3. The Labute approximate surface area is 138 Å². The maximum Gasteiger partial charge on any atom is 0.165 e. The third kappa shape index (κ3) is 4.18. The highest BCUT2D eigenvalue weighted by Gasteiger charge is 2.09. The highest BCUT2D eigenvalue weighted by atomic mass is 32.1. The van der Waals surface area contributed by atoms with Crippen molar-refractivity contribution in [1.82, 2.24) is 9.88 Å². The smallest absolute Gasteiger partial charge is 0.165 e. The Balaban J connectivity index is 1.48. The molecule has 120 valence electrons. The van der Waals surface area contributed by atoms with Crippen LogP contribution in [-0.4, -0.2) is 30.1 Å². The summed E-state index contributed by atoms with van der Waals surface area (Å²) in [5.41, 5.74) is 0.981. The first-order chi connectivity index (χ1) is 11.2. The second kappa shape index (κ2) is 7.39. The quantitative estimate of drug-likeness (QED) is 0.654. The molecule has 2 heterocycles. The molecule has 0 atom stereocenters. The average molecular weight is 332 g/mol. The predicted octanol–water partition coefficient (Wildman–Crippen LogP) is 4.05. The molecule has 0 saturated carbocycles. The maximum atomic E-state index is 13.4. The molecule has 0 N–H and O–H groups in total. The molecule has 0 aliphatic carbocycles. The third-order valence-electron chi connectivity index (χ3n) is 3.28. The molecular weight excluding hydrogens is 315 g/mol. The van der Waals surface area contributed by atoms with Gasteiger partial charge < -0.3 is 9.15 Å². The predicted molar refractivity (Wildman–Crippen MR) is 88.0 cm³/mol. The molecule has 3 aromatic rings. The van der Waals surface area contributed by atoms with Gasteiger partial charge in [-0.25, -0.2) is 9.37 Å². The van der Waals surface area contributed by atoms with Gasteiger partial charge in [-0.1, -0.05) is 12.1 Å². The van der Waals surface area contributed by atoms with Gasteiger partial charge in [0, 0.05) is 18.5 Å². The van der Waals surface area contributed by atoms with E-state index in [1.165, 1.54) is 6.07 Å². The molecule has 0 spiro atoms. The van der Waals surface area contributed by atoms with Crippen molar-refractivity contribution in [1.29, 1.82) is 0 Å². The summed E-state index contributed by atoms with van der Waals surface area (Å²) < 4.78 is 24.2. The monoisotopic (exact) mass is 332 g/mol. The summed E-state index contributed by atoms with van der Waals surface area (Å²) in [6.07, 6.45) is 1.64. The van der Waals surface area contributed by atoms with Crippen molar-refractivity contribution >= 4 is 11.3 Å². The number of thiazole rings is 1. The maximum absolute atomic E-state index is 13.4. The van der Waals surface area contributed by atoms with Crippen LogP contribution in [0.5, 0.6) is 5.75 Å². The molecule has 0 fully saturated rings. The molecule has 0 amide bonds. The van der Waals surface area contributed by atoms with E-state index in [-0.39, 0.29) is 11.6 Å². The second-order valence-electron chi connectivity index (χ2n) is 5.14. The number of furan rings is 1. The van der Waals surface area contributed by atoms with Crippen LogP contribution in [0, 0.1) is 5.82 Å². The van der Waals surface area contributed by atoms with Crippen LogP contribution < -0.4 is 4.74 Å². The Morgan fingerprint density at radius 2 is 2.13 bits per heavy atom. The molecule has 2 aromatic heterocycles. The number of ether oxygens (including phenoxy) is 1. The molecule has 0 bridgehead atoms. The van der Waals surface area contributed by atoms with Crippen LogP contribution >= 0.6 is 11.3 Å². The van der Waals surface area contributed by atoms with Crippen LogP contribution in [0.25, 0.3) is 10.8 Å². The van der Waals surface area contributed by atoms with Gasteiger partial charge in [0.25, 0.3) is 0 Å². The minimum absolute atomic E-state index is 0.287. The third-order valence-corrected chi connectivity index (χ3v) is 4.19. The Morgan fingerprint density at radius 1 is 1.26 bits per heavy atom. The van der Waals surface area contributed by atoms with Gasteiger partial charge in [-0.3, -0.25) is 4.90 Å². The summed E-state index contributed by atoms with van der Waals surface area (Å²) in [6.45, 7) is 1.81. The molecule has 3 rings (SSSR count). The zero-order valence-corrected chi connectivity index (χ0v) is 13.6. The van der Waals surface area contributed by atoms with E-state index in [0.29, 0.717) is 19.7 Å². The Bertz CT molecular complexity index is 743. The molecule has 0 saturated heterocycles. The van der Waals surface area contributed by atoms with Crippen molar-refractivity contribution in [3.63, 3.8) is 0 Å². The highest BCUT2D eigenvalue weighted by Crippen LogP contribution is 2.24. The summed E-state index contributed by atoms with van der Waals surface area (Å²) in [5.74, 6) is 0.735. The van der Waals surface area contributed by atoms with E-state index in [2.05, 4.69) is 9.88 Å². The van der Waals surface area contributed by atoms with Crippen LogP contribution in [0.15, 0.2) is 52.5 Å². The first kappa shape index (κ1) is 15.7. The van der Waals surface area contributed by atoms with Gasteiger partial charge in [-0.05, 0) is 31.3 Å². The number of rotatable bonds is 7. The van der Waals surface area contributed by atoms with Crippen molar-refractivity contribution in [2.75, 3.05) is 20.2 Å². The average Bonchev–Trinajstić information content (AvgIpc) is 3.20. The zero-order chi connectivity index (χ0) is 16.1. The van der Waals surface area contributed by atoms with Crippen LogP contribution in [0.3, 0.4) is 0 Å². The Kier molecular flexibility index (Phi) is 5.05. The SMILES string of the molecule is CN(CCOc1ccccc1F)Cc1csc(-c2ccco2)n1. The van der Waals surface area contributed by atoms with Crippen molar-refractivity contribution in [2.24, 2.45) is 0 Å². The van der Waals surface area contributed by atoms with Gasteiger partial charge in [0.2, 0.25) is 0 Å². The van der Waals surface area contributed by atoms with E-state index in [4.69, 9.17) is 9.15 Å². The molecule has 0 radical (unpaired) electrons. The van der Waals surface area contributed by atoms with E-state index in [9.17, 15) is 4.39 Å². The van der Waals surface area contributed by atoms with E-state index in [1.54, 1.807) is 35.8 Å². The van der Waals surface area contributed by atoms with Crippen LogP contribution in [0.1, 0.15) is 5.69 Å².